The first-order valence-corrected chi connectivity index (χ1v) is 5.68. The van der Waals surface area contributed by atoms with Crippen LogP contribution >= 0.6 is 0 Å². The van der Waals surface area contributed by atoms with E-state index in [1.807, 2.05) is 31.1 Å². The van der Waals surface area contributed by atoms with Crippen molar-refractivity contribution < 1.29 is 14.6 Å². The Bertz CT molecular complexity index is 425. The first kappa shape index (κ1) is 12.0. The van der Waals surface area contributed by atoms with Crippen LogP contribution in [0.2, 0.25) is 0 Å². The molecule has 0 aliphatic heterocycles. The van der Waals surface area contributed by atoms with Gasteiger partial charge in [0.1, 0.15) is 11.5 Å². The largest absolute Gasteiger partial charge is 0.496 e. The van der Waals surface area contributed by atoms with Gasteiger partial charge in [0.05, 0.1) is 25.5 Å². The predicted octanol–water partition coefficient (Wildman–Crippen LogP) is 1.75. The van der Waals surface area contributed by atoms with Gasteiger partial charge in [0.15, 0.2) is 0 Å². The van der Waals surface area contributed by atoms with Gasteiger partial charge in [-0.1, -0.05) is 0 Å². The Morgan fingerprint density at radius 1 is 1.12 bits per heavy atom. The Balaban J connectivity index is 2.53. The molecule has 0 radical (unpaired) electrons. The van der Waals surface area contributed by atoms with Crippen molar-refractivity contribution in [3.8, 4) is 11.5 Å². The Hall–Kier alpha value is -1.42. The molecule has 1 N–H and O–H groups in total. The minimum atomic E-state index is -0.719. The molecular weight excluding hydrogens is 218 g/mol. The lowest BCUT2D eigenvalue weighted by molar-refractivity contribution is 0.147. The molecule has 1 aliphatic carbocycles. The van der Waals surface area contributed by atoms with Crippen LogP contribution < -0.4 is 14.4 Å². The summed E-state index contributed by atoms with van der Waals surface area (Å²) in [6, 6.07) is 3.78. The number of aliphatic hydroxyl groups is 1. The smallest absolute Gasteiger partial charge is 0.142 e. The van der Waals surface area contributed by atoms with E-state index in [0.717, 1.165) is 35.6 Å². The first-order chi connectivity index (χ1) is 8.01. The monoisotopic (exact) mass is 237 g/mol. The maximum Gasteiger partial charge on any atom is 0.142 e. The molecule has 4 heteroatoms. The fourth-order valence-corrected chi connectivity index (χ4v) is 1.98. The van der Waals surface area contributed by atoms with Gasteiger partial charge in [-0.25, -0.2) is 0 Å². The third kappa shape index (κ3) is 2.05. The SMILES string of the molecule is COc1cc(C2(O)CC2)c(OC)cc1N(C)C. The molecule has 0 atom stereocenters. The van der Waals surface area contributed by atoms with Crippen LogP contribution in [0, 0.1) is 0 Å². The number of hydrogen-bond donors (Lipinski definition) is 1. The number of benzene rings is 1. The lowest BCUT2D eigenvalue weighted by Crippen LogP contribution is -2.13. The van der Waals surface area contributed by atoms with Crippen LogP contribution in [-0.2, 0) is 5.60 Å². The maximum atomic E-state index is 10.2. The Morgan fingerprint density at radius 2 is 1.71 bits per heavy atom. The van der Waals surface area contributed by atoms with E-state index in [1.54, 1.807) is 14.2 Å². The van der Waals surface area contributed by atoms with Gasteiger partial charge in [-0.05, 0) is 18.9 Å². The quantitative estimate of drug-likeness (QED) is 0.866. The zero-order valence-corrected chi connectivity index (χ0v) is 10.8. The standard InChI is InChI=1S/C13H19NO3/c1-14(2)10-8-11(16-3)9(7-12(10)17-4)13(15)5-6-13/h7-8,15H,5-6H2,1-4H3. The van der Waals surface area contributed by atoms with E-state index < -0.39 is 5.60 Å². The van der Waals surface area contributed by atoms with Crippen molar-refractivity contribution in [2.24, 2.45) is 0 Å². The molecule has 0 unspecified atom stereocenters. The summed E-state index contributed by atoms with van der Waals surface area (Å²) < 4.78 is 10.7. The minimum Gasteiger partial charge on any atom is -0.496 e. The van der Waals surface area contributed by atoms with E-state index in [0.29, 0.717) is 0 Å². The van der Waals surface area contributed by atoms with Crippen LogP contribution in [0.15, 0.2) is 12.1 Å². The molecular formula is C13H19NO3. The number of anilines is 1. The summed E-state index contributed by atoms with van der Waals surface area (Å²) in [5.74, 6) is 1.47. The molecule has 2 rings (SSSR count). The summed E-state index contributed by atoms with van der Waals surface area (Å²) in [6.45, 7) is 0. The van der Waals surface area contributed by atoms with Gasteiger partial charge >= 0.3 is 0 Å². The molecule has 1 fully saturated rings. The molecule has 1 aliphatic rings. The summed E-state index contributed by atoms with van der Waals surface area (Å²) >= 11 is 0. The van der Waals surface area contributed by atoms with Gasteiger partial charge < -0.3 is 19.5 Å². The molecule has 0 spiro atoms. The number of hydrogen-bond acceptors (Lipinski definition) is 4. The molecule has 0 saturated heterocycles. The van der Waals surface area contributed by atoms with Crippen molar-refractivity contribution in [3.63, 3.8) is 0 Å². The minimum absolute atomic E-state index is 0.717. The number of methoxy groups -OCH3 is 2. The molecule has 1 aromatic rings. The number of rotatable bonds is 4. The Kier molecular flexibility index (Phi) is 2.91. The average Bonchev–Trinajstić information content (AvgIpc) is 3.06. The van der Waals surface area contributed by atoms with Gasteiger partial charge in [0.2, 0.25) is 0 Å². The highest BCUT2D eigenvalue weighted by atomic mass is 16.5. The van der Waals surface area contributed by atoms with E-state index in [4.69, 9.17) is 9.47 Å². The van der Waals surface area contributed by atoms with Crippen LogP contribution in [0.5, 0.6) is 11.5 Å². The summed E-state index contributed by atoms with van der Waals surface area (Å²) in [5, 5.41) is 10.2. The third-order valence-corrected chi connectivity index (χ3v) is 3.21. The molecule has 0 amide bonds. The molecule has 0 aromatic heterocycles. The van der Waals surface area contributed by atoms with E-state index in [1.165, 1.54) is 0 Å². The summed E-state index contributed by atoms with van der Waals surface area (Å²) in [6.07, 6.45) is 1.57. The number of nitrogens with zero attached hydrogens (tertiary/aromatic N) is 1. The van der Waals surface area contributed by atoms with Crippen LogP contribution in [0.25, 0.3) is 0 Å². The second-order valence-electron chi connectivity index (χ2n) is 4.65. The molecule has 0 heterocycles. The van der Waals surface area contributed by atoms with Crippen LogP contribution in [0.4, 0.5) is 5.69 Å². The van der Waals surface area contributed by atoms with Crippen molar-refractivity contribution in [1.82, 2.24) is 0 Å². The summed E-state index contributed by atoms with van der Waals surface area (Å²) in [4.78, 5) is 1.96. The van der Waals surface area contributed by atoms with Crippen molar-refractivity contribution in [2.75, 3.05) is 33.2 Å². The van der Waals surface area contributed by atoms with Crippen LogP contribution in [0.3, 0.4) is 0 Å². The molecule has 1 saturated carbocycles. The van der Waals surface area contributed by atoms with Crippen molar-refractivity contribution in [3.05, 3.63) is 17.7 Å². The highest BCUT2D eigenvalue weighted by molar-refractivity contribution is 5.64. The van der Waals surface area contributed by atoms with E-state index in [2.05, 4.69) is 0 Å². The molecule has 4 nitrogen and oxygen atoms in total. The van der Waals surface area contributed by atoms with Crippen LogP contribution in [0.1, 0.15) is 18.4 Å². The molecule has 0 bridgehead atoms. The zero-order chi connectivity index (χ0) is 12.6. The molecule has 94 valence electrons. The fraction of sp³-hybridized carbons (Fsp3) is 0.538. The normalized spacial score (nSPS) is 16.5. The predicted molar refractivity (Wildman–Crippen MR) is 67.0 cm³/mol. The average molecular weight is 237 g/mol. The second-order valence-corrected chi connectivity index (χ2v) is 4.65. The fourth-order valence-electron chi connectivity index (χ4n) is 1.98. The zero-order valence-electron chi connectivity index (χ0n) is 10.8. The van der Waals surface area contributed by atoms with E-state index in [9.17, 15) is 5.11 Å². The molecule has 1 aromatic carbocycles. The van der Waals surface area contributed by atoms with Gasteiger partial charge in [-0.3, -0.25) is 0 Å². The van der Waals surface area contributed by atoms with Gasteiger partial charge in [-0.2, -0.15) is 0 Å². The van der Waals surface area contributed by atoms with Crippen LogP contribution in [-0.4, -0.2) is 33.4 Å². The highest BCUT2D eigenvalue weighted by Crippen LogP contribution is 2.51. The second kappa shape index (κ2) is 4.11. The van der Waals surface area contributed by atoms with Gasteiger partial charge in [0, 0.05) is 25.7 Å². The highest BCUT2D eigenvalue weighted by Gasteiger charge is 2.44. The van der Waals surface area contributed by atoms with Gasteiger partial charge in [-0.15, -0.1) is 0 Å². The van der Waals surface area contributed by atoms with E-state index >= 15 is 0 Å². The third-order valence-electron chi connectivity index (χ3n) is 3.21. The first-order valence-electron chi connectivity index (χ1n) is 5.68. The summed E-state index contributed by atoms with van der Waals surface area (Å²) in [5.41, 5.74) is 1.04. The number of ether oxygens (including phenoxy) is 2. The van der Waals surface area contributed by atoms with Crippen molar-refractivity contribution in [2.45, 2.75) is 18.4 Å². The summed E-state index contributed by atoms with van der Waals surface area (Å²) in [7, 11) is 7.15. The topological polar surface area (TPSA) is 41.9 Å². The van der Waals surface area contributed by atoms with E-state index in [-0.39, 0.29) is 0 Å². The Labute approximate surface area is 102 Å². The van der Waals surface area contributed by atoms with Crippen molar-refractivity contribution in [1.29, 1.82) is 0 Å². The lowest BCUT2D eigenvalue weighted by Gasteiger charge is -2.21. The maximum absolute atomic E-state index is 10.2. The Morgan fingerprint density at radius 3 is 2.12 bits per heavy atom. The van der Waals surface area contributed by atoms with Crippen molar-refractivity contribution >= 4 is 5.69 Å². The lowest BCUT2D eigenvalue weighted by atomic mass is 10.0. The molecule has 17 heavy (non-hydrogen) atoms. The van der Waals surface area contributed by atoms with Gasteiger partial charge in [0.25, 0.3) is 0 Å².